The number of nitrogens with one attached hydrogen (secondary N) is 1. The van der Waals surface area contributed by atoms with E-state index in [0.29, 0.717) is 0 Å². The SMILES string of the molecule is COc1ccc(-c2ccc(N3CCC(C(=O)Nc4cccc(Br)c4)CC3)nn2)cc1. The lowest BCUT2D eigenvalue weighted by atomic mass is 9.96. The summed E-state index contributed by atoms with van der Waals surface area (Å²) in [4.78, 5) is 14.8. The first-order valence-corrected chi connectivity index (χ1v) is 10.7. The molecule has 1 amide bonds. The van der Waals surface area contributed by atoms with Crippen LogP contribution >= 0.6 is 15.9 Å². The fraction of sp³-hybridized carbons (Fsp3) is 0.261. The molecule has 30 heavy (non-hydrogen) atoms. The Hall–Kier alpha value is -2.93. The summed E-state index contributed by atoms with van der Waals surface area (Å²) in [5.74, 6) is 1.74. The number of halogens is 1. The van der Waals surface area contributed by atoms with Crippen molar-refractivity contribution in [1.29, 1.82) is 0 Å². The van der Waals surface area contributed by atoms with Crippen LogP contribution in [0.2, 0.25) is 0 Å². The van der Waals surface area contributed by atoms with Crippen molar-refractivity contribution < 1.29 is 9.53 Å². The Morgan fingerprint density at radius 2 is 1.83 bits per heavy atom. The number of amides is 1. The number of carbonyl (C=O) groups excluding carboxylic acids is 1. The zero-order valence-corrected chi connectivity index (χ0v) is 18.3. The maximum Gasteiger partial charge on any atom is 0.227 e. The van der Waals surface area contributed by atoms with E-state index in [1.54, 1.807) is 7.11 Å². The molecule has 6 nitrogen and oxygen atoms in total. The minimum atomic E-state index is 0.00626. The summed E-state index contributed by atoms with van der Waals surface area (Å²) in [6, 6.07) is 19.4. The van der Waals surface area contributed by atoms with E-state index < -0.39 is 0 Å². The number of aromatic nitrogens is 2. The smallest absolute Gasteiger partial charge is 0.227 e. The third-order valence-electron chi connectivity index (χ3n) is 5.32. The molecule has 1 aromatic heterocycles. The van der Waals surface area contributed by atoms with Crippen molar-refractivity contribution in [2.24, 2.45) is 5.92 Å². The molecule has 0 saturated carbocycles. The van der Waals surface area contributed by atoms with Gasteiger partial charge in [0, 0.05) is 34.7 Å². The van der Waals surface area contributed by atoms with Crippen molar-refractivity contribution in [2.45, 2.75) is 12.8 Å². The number of methoxy groups -OCH3 is 1. The van der Waals surface area contributed by atoms with Gasteiger partial charge in [-0.3, -0.25) is 4.79 Å². The maximum absolute atomic E-state index is 12.6. The van der Waals surface area contributed by atoms with Crippen LogP contribution in [0, 0.1) is 5.92 Å². The first-order valence-electron chi connectivity index (χ1n) is 9.92. The van der Waals surface area contributed by atoms with E-state index in [4.69, 9.17) is 4.74 Å². The summed E-state index contributed by atoms with van der Waals surface area (Å²) in [5, 5.41) is 11.8. The zero-order valence-electron chi connectivity index (χ0n) is 16.7. The number of ether oxygens (including phenoxy) is 1. The van der Waals surface area contributed by atoms with Gasteiger partial charge in [-0.2, -0.15) is 0 Å². The molecule has 0 bridgehead atoms. The van der Waals surface area contributed by atoms with Crippen LogP contribution in [0.5, 0.6) is 5.75 Å². The van der Waals surface area contributed by atoms with Crippen molar-refractivity contribution >= 4 is 33.3 Å². The van der Waals surface area contributed by atoms with Crippen molar-refractivity contribution in [1.82, 2.24) is 10.2 Å². The lowest BCUT2D eigenvalue weighted by Gasteiger charge is -2.31. The van der Waals surface area contributed by atoms with Crippen molar-refractivity contribution in [2.75, 3.05) is 30.4 Å². The molecule has 1 N–H and O–H groups in total. The molecule has 1 fully saturated rings. The molecule has 2 heterocycles. The van der Waals surface area contributed by atoms with Gasteiger partial charge >= 0.3 is 0 Å². The number of nitrogens with zero attached hydrogens (tertiary/aromatic N) is 3. The molecule has 0 atom stereocenters. The molecule has 4 rings (SSSR count). The number of piperidine rings is 1. The summed E-state index contributed by atoms with van der Waals surface area (Å²) in [7, 11) is 1.65. The van der Waals surface area contributed by atoms with Gasteiger partial charge in [0.05, 0.1) is 12.8 Å². The normalized spacial score (nSPS) is 14.4. The van der Waals surface area contributed by atoms with Crippen LogP contribution in [0.1, 0.15) is 12.8 Å². The van der Waals surface area contributed by atoms with Gasteiger partial charge in [-0.15, -0.1) is 10.2 Å². The minimum absolute atomic E-state index is 0.00626. The highest BCUT2D eigenvalue weighted by atomic mass is 79.9. The van der Waals surface area contributed by atoms with Crippen molar-refractivity contribution in [3.63, 3.8) is 0 Å². The lowest BCUT2D eigenvalue weighted by Crippen LogP contribution is -2.38. The summed E-state index contributed by atoms with van der Waals surface area (Å²) < 4.78 is 6.14. The second kappa shape index (κ2) is 9.26. The lowest BCUT2D eigenvalue weighted by molar-refractivity contribution is -0.120. The molecule has 0 radical (unpaired) electrons. The molecule has 0 spiro atoms. The predicted octanol–water partition coefficient (Wildman–Crippen LogP) is 4.77. The van der Waals surface area contributed by atoms with Crippen molar-refractivity contribution in [3.05, 3.63) is 65.1 Å². The number of benzene rings is 2. The number of carbonyl (C=O) groups is 1. The summed E-state index contributed by atoms with van der Waals surface area (Å²) >= 11 is 3.43. The van der Waals surface area contributed by atoms with E-state index in [0.717, 1.165) is 58.9 Å². The van der Waals surface area contributed by atoms with Gasteiger partial charge in [-0.1, -0.05) is 22.0 Å². The van der Waals surface area contributed by atoms with E-state index in [1.807, 2.05) is 60.7 Å². The van der Waals surface area contributed by atoms with Crippen LogP contribution < -0.4 is 15.0 Å². The quantitative estimate of drug-likeness (QED) is 0.586. The third kappa shape index (κ3) is 4.79. The van der Waals surface area contributed by atoms with Crippen LogP contribution in [0.25, 0.3) is 11.3 Å². The highest BCUT2D eigenvalue weighted by Gasteiger charge is 2.26. The summed E-state index contributed by atoms with van der Waals surface area (Å²) in [6.07, 6.45) is 1.59. The Morgan fingerprint density at radius 3 is 2.47 bits per heavy atom. The monoisotopic (exact) mass is 466 g/mol. The summed E-state index contributed by atoms with van der Waals surface area (Å²) in [6.45, 7) is 1.57. The Balaban J connectivity index is 1.34. The van der Waals surface area contributed by atoms with E-state index in [1.165, 1.54) is 0 Å². The molecule has 0 unspecified atom stereocenters. The summed E-state index contributed by atoms with van der Waals surface area (Å²) in [5.41, 5.74) is 2.64. The Bertz CT molecular complexity index is 1000. The second-order valence-corrected chi connectivity index (χ2v) is 8.18. The van der Waals surface area contributed by atoms with Gasteiger partial charge < -0.3 is 15.0 Å². The van der Waals surface area contributed by atoms with Crippen LogP contribution in [-0.4, -0.2) is 36.3 Å². The van der Waals surface area contributed by atoms with E-state index in [9.17, 15) is 4.79 Å². The average molecular weight is 467 g/mol. The van der Waals surface area contributed by atoms with Gasteiger partial charge in [-0.05, 0) is 67.4 Å². The molecule has 2 aromatic carbocycles. The topological polar surface area (TPSA) is 67.3 Å². The fourth-order valence-corrected chi connectivity index (χ4v) is 3.99. The van der Waals surface area contributed by atoms with Crippen LogP contribution in [-0.2, 0) is 4.79 Å². The van der Waals surface area contributed by atoms with Crippen molar-refractivity contribution in [3.8, 4) is 17.0 Å². The molecule has 154 valence electrons. The number of rotatable bonds is 5. The molecule has 0 aliphatic carbocycles. The molecule has 3 aromatic rings. The van der Waals surface area contributed by atoms with Gasteiger partial charge in [0.1, 0.15) is 5.75 Å². The molecule has 7 heteroatoms. The standard InChI is InChI=1S/C23H23BrN4O2/c1-30-20-7-5-16(6-8-20)21-9-10-22(27-26-21)28-13-11-17(12-14-28)23(29)25-19-4-2-3-18(24)15-19/h2-10,15,17H,11-14H2,1H3,(H,25,29). The van der Waals surface area contributed by atoms with Gasteiger partial charge in [-0.25, -0.2) is 0 Å². The molecular formula is C23H23BrN4O2. The molecule has 1 aliphatic rings. The average Bonchev–Trinajstić information content (AvgIpc) is 2.79. The van der Waals surface area contributed by atoms with Gasteiger partial charge in [0.15, 0.2) is 5.82 Å². The number of hydrogen-bond acceptors (Lipinski definition) is 5. The first kappa shape index (κ1) is 20.3. The minimum Gasteiger partial charge on any atom is -0.497 e. The Labute approximate surface area is 184 Å². The van der Waals surface area contributed by atoms with E-state index >= 15 is 0 Å². The van der Waals surface area contributed by atoms with E-state index in [-0.39, 0.29) is 11.8 Å². The highest BCUT2D eigenvalue weighted by Crippen LogP contribution is 2.25. The van der Waals surface area contributed by atoms with Crippen LogP contribution in [0.4, 0.5) is 11.5 Å². The predicted molar refractivity (Wildman–Crippen MR) is 122 cm³/mol. The first-order chi connectivity index (χ1) is 14.6. The number of anilines is 2. The maximum atomic E-state index is 12.6. The highest BCUT2D eigenvalue weighted by molar-refractivity contribution is 9.10. The molecule has 1 aliphatic heterocycles. The fourth-order valence-electron chi connectivity index (χ4n) is 3.59. The number of hydrogen-bond donors (Lipinski definition) is 1. The largest absolute Gasteiger partial charge is 0.497 e. The van der Waals surface area contributed by atoms with E-state index in [2.05, 4.69) is 36.3 Å². The van der Waals surface area contributed by atoms with Crippen LogP contribution in [0.15, 0.2) is 65.1 Å². The van der Waals surface area contributed by atoms with Gasteiger partial charge in [0.2, 0.25) is 5.91 Å². The molecule has 1 saturated heterocycles. The Morgan fingerprint density at radius 1 is 1.07 bits per heavy atom. The third-order valence-corrected chi connectivity index (χ3v) is 5.81. The molecular weight excluding hydrogens is 444 g/mol. The van der Waals surface area contributed by atoms with Gasteiger partial charge in [0.25, 0.3) is 0 Å². The zero-order chi connectivity index (χ0) is 20.9. The van der Waals surface area contributed by atoms with Crippen LogP contribution in [0.3, 0.4) is 0 Å². The Kier molecular flexibility index (Phi) is 6.28. The second-order valence-electron chi connectivity index (χ2n) is 7.27.